The van der Waals surface area contributed by atoms with Gasteiger partial charge in [0.15, 0.2) is 5.69 Å². The maximum atomic E-state index is 13.7. The van der Waals surface area contributed by atoms with Gasteiger partial charge in [0, 0.05) is 17.3 Å². The highest BCUT2D eigenvalue weighted by molar-refractivity contribution is 6.01. The van der Waals surface area contributed by atoms with Gasteiger partial charge in [0.1, 0.15) is 17.2 Å². The number of nitriles is 1. The number of fused-ring (bicyclic) bond motifs is 4. The van der Waals surface area contributed by atoms with Gasteiger partial charge in [-0.2, -0.15) is 23.5 Å². The zero-order valence-electron chi connectivity index (χ0n) is 13.8. The number of rotatable bonds is 1. The van der Waals surface area contributed by atoms with Crippen LogP contribution in [0, 0.1) is 11.3 Å². The summed E-state index contributed by atoms with van der Waals surface area (Å²) in [6, 6.07) is 4.88. The van der Waals surface area contributed by atoms with Crippen LogP contribution in [0.4, 0.5) is 13.2 Å². The lowest BCUT2D eigenvalue weighted by Crippen LogP contribution is -2.27. The molecule has 0 aromatic carbocycles. The molecule has 0 fully saturated rings. The molecule has 10 heteroatoms. The maximum absolute atomic E-state index is 13.7. The number of aromatic nitrogens is 6. The highest BCUT2D eigenvalue weighted by Gasteiger charge is 2.40. The Bertz CT molecular complexity index is 1220. The number of hydrogen-bond donors (Lipinski definition) is 1. The second kappa shape index (κ2) is 5.33. The van der Waals surface area contributed by atoms with Crippen LogP contribution in [0.15, 0.2) is 24.5 Å². The van der Waals surface area contributed by atoms with Gasteiger partial charge in [0.25, 0.3) is 0 Å². The number of alkyl halides is 3. The van der Waals surface area contributed by atoms with Crippen molar-refractivity contribution in [2.45, 2.75) is 31.6 Å². The SMILES string of the molecule is N#Cc1cc2n(n1)C[C@H](n1c(C(F)(F)F)nc3cnc4[nH]ccc4c31)CC2. The second-order valence-corrected chi connectivity index (χ2v) is 6.54. The smallest absolute Gasteiger partial charge is 0.346 e. The normalized spacial score (nSPS) is 17.3. The van der Waals surface area contributed by atoms with E-state index in [0.717, 1.165) is 5.69 Å². The summed E-state index contributed by atoms with van der Waals surface area (Å²) in [5.41, 5.74) is 2.26. The summed E-state index contributed by atoms with van der Waals surface area (Å²) < 4.78 is 44.1. The summed E-state index contributed by atoms with van der Waals surface area (Å²) in [7, 11) is 0. The number of H-pyrrole nitrogens is 1. The average molecular weight is 371 g/mol. The Balaban J connectivity index is 1.74. The Labute approximate surface area is 150 Å². The number of nitrogens with one attached hydrogen (secondary N) is 1. The Morgan fingerprint density at radius 3 is 2.96 bits per heavy atom. The van der Waals surface area contributed by atoms with E-state index in [1.807, 2.05) is 6.07 Å². The molecule has 0 aliphatic carbocycles. The van der Waals surface area contributed by atoms with Gasteiger partial charge >= 0.3 is 6.18 Å². The van der Waals surface area contributed by atoms with Gasteiger partial charge in [-0.05, 0) is 25.0 Å². The zero-order valence-corrected chi connectivity index (χ0v) is 13.8. The molecule has 1 aliphatic rings. The first-order chi connectivity index (χ1) is 13.0. The molecule has 0 saturated carbocycles. The molecule has 1 N–H and O–H groups in total. The predicted octanol–water partition coefficient (Wildman–Crippen LogP) is 3.19. The van der Waals surface area contributed by atoms with Crippen molar-refractivity contribution < 1.29 is 13.2 Å². The van der Waals surface area contributed by atoms with E-state index in [0.29, 0.717) is 29.4 Å². The van der Waals surface area contributed by atoms with Crippen molar-refractivity contribution in [2.75, 3.05) is 0 Å². The standard InChI is InChI=1S/C17H12F3N7/c18-17(19,20)16-24-13-7-23-15-12(3-4-22-15)14(13)27(16)11-2-1-10-5-9(6-21)25-26(10)8-11/h3-5,7,11H,1-2,8H2,(H,22,23)/t11-/m1/s1. The molecule has 7 nitrogen and oxygen atoms in total. The lowest BCUT2D eigenvalue weighted by atomic mass is 10.0. The Morgan fingerprint density at radius 2 is 2.19 bits per heavy atom. The topological polar surface area (TPSA) is 88.1 Å². The fourth-order valence-corrected chi connectivity index (χ4v) is 3.83. The fraction of sp³-hybridized carbons (Fsp3) is 0.294. The third-order valence-electron chi connectivity index (χ3n) is 4.95. The molecule has 4 aromatic rings. The van der Waals surface area contributed by atoms with Crippen LogP contribution in [-0.4, -0.2) is 29.3 Å². The summed E-state index contributed by atoms with van der Waals surface area (Å²) in [5.74, 6) is -0.936. The zero-order chi connectivity index (χ0) is 18.8. The van der Waals surface area contributed by atoms with Gasteiger partial charge in [0.05, 0.1) is 24.3 Å². The molecule has 0 amide bonds. The van der Waals surface area contributed by atoms with Crippen molar-refractivity contribution in [1.29, 1.82) is 5.26 Å². The molecule has 1 atom stereocenters. The Kier molecular flexibility index (Phi) is 3.13. The lowest BCUT2D eigenvalue weighted by molar-refractivity contribution is -0.147. The molecular weight excluding hydrogens is 359 g/mol. The quantitative estimate of drug-likeness (QED) is 0.557. The van der Waals surface area contributed by atoms with Crippen molar-refractivity contribution in [3.05, 3.63) is 41.7 Å². The van der Waals surface area contributed by atoms with Crippen LogP contribution in [0.5, 0.6) is 0 Å². The molecule has 0 unspecified atom stereocenters. The Morgan fingerprint density at radius 1 is 1.33 bits per heavy atom. The first kappa shape index (κ1) is 15.9. The van der Waals surface area contributed by atoms with E-state index in [4.69, 9.17) is 5.26 Å². The van der Waals surface area contributed by atoms with Gasteiger partial charge in [0.2, 0.25) is 5.82 Å². The number of nitrogens with zero attached hydrogens (tertiary/aromatic N) is 6. The first-order valence-electron chi connectivity index (χ1n) is 8.34. The minimum absolute atomic E-state index is 0.207. The molecule has 136 valence electrons. The van der Waals surface area contributed by atoms with Gasteiger partial charge in [-0.15, -0.1) is 0 Å². The summed E-state index contributed by atoms with van der Waals surface area (Å²) >= 11 is 0. The Hall–Kier alpha value is -3.35. The molecule has 0 radical (unpaired) electrons. The molecule has 4 aromatic heterocycles. The molecular formula is C17H12F3N7. The summed E-state index contributed by atoms with van der Waals surface area (Å²) in [4.78, 5) is 10.9. The minimum atomic E-state index is -4.59. The predicted molar refractivity (Wildman–Crippen MR) is 88.7 cm³/mol. The van der Waals surface area contributed by atoms with Gasteiger partial charge in [-0.1, -0.05) is 0 Å². The van der Waals surface area contributed by atoms with Crippen LogP contribution in [0.1, 0.15) is 29.7 Å². The van der Waals surface area contributed by atoms with E-state index >= 15 is 0 Å². The van der Waals surface area contributed by atoms with E-state index in [2.05, 4.69) is 20.1 Å². The molecule has 0 saturated heterocycles. The van der Waals surface area contributed by atoms with E-state index in [1.165, 1.54) is 10.8 Å². The fourth-order valence-electron chi connectivity index (χ4n) is 3.83. The highest BCUT2D eigenvalue weighted by Crippen LogP contribution is 2.38. The van der Waals surface area contributed by atoms with E-state index < -0.39 is 18.0 Å². The lowest BCUT2D eigenvalue weighted by Gasteiger charge is -2.27. The van der Waals surface area contributed by atoms with Crippen LogP contribution in [-0.2, 0) is 19.1 Å². The molecule has 27 heavy (non-hydrogen) atoms. The number of hydrogen-bond acceptors (Lipinski definition) is 4. The summed E-state index contributed by atoms with van der Waals surface area (Å²) in [6.07, 6.45) is -0.551. The maximum Gasteiger partial charge on any atom is 0.449 e. The van der Waals surface area contributed by atoms with Gasteiger partial charge < -0.3 is 9.55 Å². The largest absolute Gasteiger partial charge is 0.449 e. The van der Waals surface area contributed by atoms with Crippen molar-refractivity contribution in [1.82, 2.24) is 29.3 Å². The molecule has 5 rings (SSSR count). The third kappa shape index (κ3) is 2.31. The number of aryl methyl sites for hydroxylation is 1. The van der Waals surface area contributed by atoms with Crippen LogP contribution < -0.4 is 0 Å². The van der Waals surface area contributed by atoms with Crippen molar-refractivity contribution in [2.24, 2.45) is 0 Å². The third-order valence-corrected chi connectivity index (χ3v) is 4.95. The number of pyridine rings is 1. The number of halogens is 3. The number of aromatic amines is 1. The van der Waals surface area contributed by atoms with Crippen LogP contribution in [0.2, 0.25) is 0 Å². The highest BCUT2D eigenvalue weighted by atomic mass is 19.4. The van der Waals surface area contributed by atoms with Crippen LogP contribution in [0.3, 0.4) is 0 Å². The summed E-state index contributed by atoms with van der Waals surface area (Å²) in [5, 5.41) is 13.8. The van der Waals surface area contributed by atoms with Gasteiger partial charge in [-0.25, -0.2) is 9.97 Å². The van der Waals surface area contributed by atoms with Gasteiger partial charge in [-0.3, -0.25) is 4.68 Å². The monoisotopic (exact) mass is 371 g/mol. The minimum Gasteiger partial charge on any atom is -0.346 e. The molecule has 5 heterocycles. The van der Waals surface area contributed by atoms with Crippen LogP contribution in [0.25, 0.3) is 22.1 Å². The second-order valence-electron chi connectivity index (χ2n) is 6.54. The van der Waals surface area contributed by atoms with Crippen molar-refractivity contribution >= 4 is 22.1 Å². The van der Waals surface area contributed by atoms with E-state index in [9.17, 15) is 13.2 Å². The first-order valence-corrected chi connectivity index (χ1v) is 8.34. The average Bonchev–Trinajstić information content (AvgIpc) is 3.34. The molecule has 0 spiro atoms. The van der Waals surface area contributed by atoms with E-state index in [-0.39, 0.29) is 17.8 Å². The van der Waals surface area contributed by atoms with Crippen molar-refractivity contribution in [3.8, 4) is 6.07 Å². The van der Waals surface area contributed by atoms with Crippen molar-refractivity contribution in [3.63, 3.8) is 0 Å². The van der Waals surface area contributed by atoms with E-state index in [1.54, 1.807) is 23.0 Å². The molecule has 0 bridgehead atoms. The number of imidazole rings is 1. The summed E-state index contributed by atoms with van der Waals surface area (Å²) in [6.45, 7) is 0.250. The van der Waals surface area contributed by atoms with Crippen LogP contribution >= 0.6 is 0 Å². The molecule has 1 aliphatic heterocycles.